The minimum Gasteiger partial charge on any atom is -0.347 e. The van der Waals surface area contributed by atoms with Crippen LogP contribution in [0.1, 0.15) is 24.1 Å². The summed E-state index contributed by atoms with van der Waals surface area (Å²) in [5, 5.41) is 5.69. The van der Waals surface area contributed by atoms with Crippen molar-refractivity contribution < 1.29 is 9.59 Å². The van der Waals surface area contributed by atoms with Gasteiger partial charge in [0, 0.05) is 14.1 Å². The second kappa shape index (κ2) is 8.87. The molecule has 0 bridgehead atoms. The number of amides is 3. The van der Waals surface area contributed by atoms with Crippen molar-refractivity contribution in [2.75, 3.05) is 14.1 Å². The van der Waals surface area contributed by atoms with Gasteiger partial charge in [-0.2, -0.15) is 0 Å². The molecular formula is C20H25N3O2. The minimum absolute atomic E-state index is 0.144. The van der Waals surface area contributed by atoms with E-state index in [1.807, 2.05) is 60.7 Å². The van der Waals surface area contributed by atoms with Gasteiger partial charge in [-0.1, -0.05) is 60.7 Å². The van der Waals surface area contributed by atoms with Crippen molar-refractivity contribution in [1.29, 1.82) is 0 Å². The summed E-state index contributed by atoms with van der Waals surface area (Å²) in [4.78, 5) is 25.7. The van der Waals surface area contributed by atoms with Crippen LogP contribution in [0.3, 0.4) is 0 Å². The number of carbonyl (C=O) groups is 2. The molecule has 0 aliphatic heterocycles. The Morgan fingerprint density at radius 2 is 1.48 bits per heavy atom. The van der Waals surface area contributed by atoms with Crippen LogP contribution in [0.15, 0.2) is 60.7 Å². The number of hydrogen-bond acceptors (Lipinski definition) is 2. The molecule has 5 heteroatoms. The van der Waals surface area contributed by atoms with Crippen LogP contribution in [-0.2, 0) is 11.2 Å². The lowest BCUT2D eigenvalue weighted by Gasteiger charge is -2.22. The normalized spacial score (nSPS) is 12.8. The first-order chi connectivity index (χ1) is 12.0. The monoisotopic (exact) mass is 339 g/mol. The van der Waals surface area contributed by atoms with E-state index in [0.29, 0.717) is 6.42 Å². The van der Waals surface area contributed by atoms with Gasteiger partial charge in [0.2, 0.25) is 5.91 Å². The Labute approximate surface area is 149 Å². The molecule has 0 aliphatic rings. The van der Waals surface area contributed by atoms with E-state index in [2.05, 4.69) is 10.6 Å². The maximum absolute atomic E-state index is 12.4. The van der Waals surface area contributed by atoms with Gasteiger partial charge in [0.05, 0.1) is 6.04 Å². The number of nitrogens with zero attached hydrogens (tertiary/aromatic N) is 1. The van der Waals surface area contributed by atoms with Crippen molar-refractivity contribution in [3.8, 4) is 0 Å². The number of rotatable bonds is 6. The van der Waals surface area contributed by atoms with E-state index >= 15 is 0 Å². The highest BCUT2D eigenvalue weighted by molar-refractivity contribution is 5.86. The summed E-state index contributed by atoms with van der Waals surface area (Å²) in [6.45, 7) is 1.68. The molecule has 2 atom stereocenters. The second-order valence-electron chi connectivity index (χ2n) is 6.23. The number of benzene rings is 2. The van der Waals surface area contributed by atoms with E-state index < -0.39 is 6.04 Å². The zero-order valence-corrected chi connectivity index (χ0v) is 14.9. The average molecular weight is 339 g/mol. The Bertz CT molecular complexity index is 687. The van der Waals surface area contributed by atoms with Gasteiger partial charge in [-0.25, -0.2) is 4.79 Å². The van der Waals surface area contributed by atoms with E-state index in [4.69, 9.17) is 0 Å². The van der Waals surface area contributed by atoms with Gasteiger partial charge in [0.15, 0.2) is 0 Å². The van der Waals surface area contributed by atoms with Crippen LogP contribution in [0.2, 0.25) is 0 Å². The number of carbonyl (C=O) groups excluding carboxylic acids is 2. The number of likely N-dealkylation sites (N-methyl/N-ethyl adjacent to an activating group) is 1. The molecule has 0 heterocycles. The van der Waals surface area contributed by atoms with E-state index in [0.717, 1.165) is 11.1 Å². The van der Waals surface area contributed by atoms with Crippen molar-refractivity contribution in [2.45, 2.75) is 25.4 Å². The highest BCUT2D eigenvalue weighted by Crippen LogP contribution is 2.18. The van der Waals surface area contributed by atoms with E-state index in [9.17, 15) is 9.59 Å². The third-order valence-electron chi connectivity index (χ3n) is 3.95. The first-order valence-electron chi connectivity index (χ1n) is 8.34. The third-order valence-corrected chi connectivity index (χ3v) is 3.95. The molecule has 0 saturated carbocycles. The standard InChI is InChI=1S/C20H25N3O2/c1-15(19(24)23(2)3)21-20(25)22-18(17-12-8-5-9-13-17)14-16-10-6-4-7-11-16/h4-13,15,18H,14H2,1-3H3,(H2,21,22,25)/t15-,18+/m1/s1. The quantitative estimate of drug-likeness (QED) is 0.850. The zero-order chi connectivity index (χ0) is 18.2. The maximum atomic E-state index is 12.4. The van der Waals surface area contributed by atoms with Gasteiger partial charge in [-0.05, 0) is 24.5 Å². The van der Waals surface area contributed by atoms with Crippen LogP contribution < -0.4 is 10.6 Å². The van der Waals surface area contributed by atoms with Crippen LogP contribution in [0.5, 0.6) is 0 Å². The molecule has 0 fully saturated rings. The van der Waals surface area contributed by atoms with Crippen molar-refractivity contribution in [3.63, 3.8) is 0 Å². The fraction of sp³-hybridized carbons (Fsp3) is 0.300. The predicted molar refractivity (Wildman–Crippen MR) is 99.2 cm³/mol. The van der Waals surface area contributed by atoms with E-state index in [-0.39, 0.29) is 18.0 Å². The summed E-state index contributed by atoms with van der Waals surface area (Å²) in [6, 6.07) is 18.7. The molecule has 2 rings (SSSR count). The summed E-state index contributed by atoms with van der Waals surface area (Å²) >= 11 is 0. The van der Waals surface area contributed by atoms with Crippen molar-refractivity contribution >= 4 is 11.9 Å². The molecule has 3 amide bonds. The predicted octanol–water partition coefficient (Wildman–Crippen LogP) is 2.75. The van der Waals surface area contributed by atoms with Gasteiger partial charge in [0.25, 0.3) is 0 Å². The summed E-state index contributed by atoms with van der Waals surface area (Å²) in [6.07, 6.45) is 0.675. The molecule has 132 valence electrons. The van der Waals surface area contributed by atoms with Gasteiger partial charge in [-0.15, -0.1) is 0 Å². The van der Waals surface area contributed by atoms with Crippen LogP contribution in [0.4, 0.5) is 4.79 Å². The van der Waals surface area contributed by atoms with Crippen LogP contribution in [0, 0.1) is 0 Å². The third kappa shape index (κ3) is 5.64. The Morgan fingerprint density at radius 1 is 0.920 bits per heavy atom. The SMILES string of the molecule is C[C@@H](NC(=O)N[C@@H](Cc1ccccc1)c1ccccc1)C(=O)N(C)C. The minimum atomic E-state index is -0.580. The second-order valence-corrected chi connectivity index (χ2v) is 6.23. The molecule has 25 heavy (non-hydrogen) atoms. The van der Waals surface area contributed by atoms with Gasteiger partial charge in [-0.3, -0.25) is 4.79 Å². The van der Waals surface area contributed by atoms with E-state index in [1.165, 1.54) is 4.90 Å². The first kappa shape index (κ1) is 18.5. The number of hydrogen-bond donors (Lipinski definition) is 2. The number of urea groups is 1. The van der Waals surface area contributed by atoms with Crippen molar-refractivity contribution in [2.24, 2.45) is 0 Å². The molecule has 0 unspecified atom stereocenters. The Morgan fingerprint density at radius 3 is 2.04 bits per heavy atom. The Kier molecular flexibility index (Phi) is 6.57. The Balaban J connectivity index is 2.08. The molecule has 0 spiro atoms. The summed E-state index contributed by atoms with van der Waals surface area (Å²) < 4.78 is 0. The topological polar surface area (TPSA) is 61.4 Å². The molecule has 0 radical (unpaired) electrons. The lowest BCUT2D eigenvalue weighted by atomic mass is 9.99. The van der Waals surface area contributed by atoms with E-state index in [1.54, 1.807) is 21.0 Å². The summed E-state index contributed by atoms with van der Waals surface area (Å²) in [5.74, 6) is -0.144. The lowest BCUT2D eigenvalue weighted by molar-refractivity contribution is -0.130. The Hall–Kier alpha value is -2.82. The van der Waals surface area contributed by atoms with Crippen LogP contribution in [0.25, 0.3) is 0 Å². The summed E-state index contributed by atoms with van der Waals surface area (Å²) in [5.41, 5.74) is 2.15. The molecule has 2 N–H and O–H groups in total. The fourth-order valence-electron chi connectivity index (χ4n) is 2.63. The van der Waals surface area contributed by atoms with Crippen LogP contribution in [-0.4, -0.2) is 37.0 Å². The highest BCUT2D eigenvalue weighted by atomic mass is 16.2. The smallest absolute Gasteiger partial charge is 0.315 e. The molecule has 2 aromatic carbocycles. The lowest BCUT2D eigenvalue weighted by Crippen LogP contribution is -2.49. The first-order valence-corrected chi connectivity index (χ1v) is 8.34. The molecule has 0 aromatic heterocycles. The highest BCUT2D eigenvalue weighted by Gasteiger charge is 2.20. The largest absolute Gasteiger partial charge is 0.347 e. The molecule has 2 aromatic rings. The van der Waals surface area contributed by atoms with Crippen molar-refractivity contribution in [1.82, 2.24) is 15.5 Å². The molecular weight excluding hydrogens is 314 g/mol. The molecule has 0 aliphatic carbocycles. The maximum Gasteiger partial charge on any atom is 0.315 e. The van der Waals surface area contributed by atoms with Gasteiger partial charge >= 0.3 is 6.03 Å². The van der Waals surface area contributed by atoms with Crippen molar-refractivity contribution in [3.05, 3.63) is 71.8 Å². The van der Waals surface area contributed by atoms with Gasteiger partial charge < -0.3 is 15.5 Å². The average Bonchev–Trinajstić information content (AvgIpc) is 2.62. The zero-order valence-electron chi connectivity index (χ0n) is 14.9. The molecule has 5 nitrogen and oxygen atoms in total. The van der Waals surface area contributed by atoms with Crippen LogP contribution >= 0.6 is 0 Å². The summed E-state index contributed by atoms with van der Waals surface area (Å²) in [7, 11) is 3.33. The van der Waals surface area contributed by atoms with Gasteiger partial charge in [0.1, 0.15) is 6.04 Å². The number of nitrogens with one attached hydrogen (secondary N) is 2. The fourth-order valence-corrected chi connectivity index (χ4v) is 2.63. The molecule has 0 saturated heterocycles.